The molecule has 150 valence electrons. The fraction of sp³-hybridized carbons (Fsp3) is 0.450. The van der Waals surface area contributed by atoms with Crippen LogP contribution in [0.5, 0.6) is 0 Å². The van der Waals surface area contributed by atoms with Crippen LogP contribution in [0.4, 0.5) is 5.82 Å². The van der Waals surface area contributed by atoms with Gasteiger partial charge >= 0.3 is 0 Å². The molecule has 3 aromatic rings. The summed E-state index contributed by atoms with van der Waals surface area (Å²) < 4.78 is 2.12. The van der Waals surface area contributed by atoms with Crippen molar-refractivity contribution in [2.24, 2.45) is 0 Å². The first-order valence-electron chi connectivity index (χ1n) is 9.53. The maximum atomic E-state index is 6.34. The minimum absolute atomic E-state index is 0.403. The Labute approximate surface area is 175 Å². The molecule has 6 nitrogen and oxygen atoms in total. The number of fused-ring (bicyclic) bond motifs is 1. The highest BCUT2D eigenvalue weighted by molar-refractivity contribution is 7.99. The van der Waals surface area contributed by atoms with E-state index < -0.39 is 0 Å². The van der Waals surface area contributed by atoms with Gasteiger partial charge in [0, 0.05) is 22.5 Å². The average Bonchev–Trinajstić information content (AvgIpc) is 2.97. The summed E-state index contributed by atoms with van der Waals surface area (Å²) in [5, 5.41) is 5.03. The van der Waals surface area contributed by atoms with Gasteiger partial charge in [-0.3, -0.25) is 0 Å². The Kier molecular flexibility index (Phi) is 6.80. The number of hydrogen-bond acceptors (Lipinski definition) is 6. The average molecular weight is 419 g/mol. The molecule has 3 N–H and O–H groups in total. The molecule has 2 aromatic heterocycles. The first-order chi connectivity index (χ1) is 13.3. The van der Waals surface area contributed by atoms with Gasteiger partial charge in [-0.2, -0.15) is 0 Å². The number of halogens is 1. The number of anilines is 1. The van der Waals surface area contributed by atoms with E-state index in [-0.39, 0.29) is 0 Å². The molecule has 1 aromatic carbocycles. The number of benzene rings is 1. The summed E-state index contributed by atoms with van der Waals surface area (Å²) in [6.45, 7) is 10.3. The molecule has 0 fully saturated rings. The predicted octanol–water partition coefficient (Wildman–Crippen LogP) is 4.72. The van der Waals surface area contributed by atoms with Crippen LogP contribution in [0.15, 0.2) is 34.6 Å². The van der Waals surface area contributed by atoms with Crippen LogP contribution in [0.1, 0.15) is 45.6 Å². The minimum Gasteiger partial charge on any atom is -0.382 e. The molecule has 0 bridgehead atoms. The van der Waals surface area contributed by atoms with Crippen molar-refractivity contribution in [2.45, 2.75) is 62.7 Å². The number of aromatic nitrogens is 4. The molecule has 0 saturated heterocycles. The normalized spacial score (nSPS) is 11.8. The van der Waals surface area contributed by atoms with Crippen molar-refractivity contribution in [1.29, 1.82) is 0 Å². The number of rotatable bonds is 8. The molecule has 0 atom stereocenters. The summed E-state index contributed by atoms with van der Waals surface area (Å²) >= 11 is 7.93. The molecule has 0 spiro atoms. The second kappa shape index (κ2) is 9.11. The number of nitrogens with one attached hydrogen (secondary N) is 1. The van der Waals surface area contributed by atoms with Gasteiger partial charge < -0.3 is 15.6 Å². The molecule has 0 aliphatic rings. The lowest BCUT2D eigenvalue weighted by Gasteiger charge is -2.12. The minimum atomic E-state index is 0.403. The van der Waals surface area contributed by atoms with Crippen LogP contribution in [0.25, 0.3) is 11.2 Å². The predicted molar refractivity (Wildman–Crippen MR) is 117 cm³/mol. The topological polar surface area (TPSA) is 81.7 Å². The van der Waals surface area contributed by atoms with Crippen LogP contribution in [-0.4, -0.2) is 32.1 Å². The van der Waals surface area contributed by atoms with Crippen LogP contribution in [-0.2, 0) is 6.54 Å². The van der Waals surface area contributed by atoms with Crippen molar-refractivity contribution in [2.75, 3.05) is 12.3 Å². The Morgan fingerprint density at radius 1 is 1.18 bits per heavy atom. The van der Waals surface area contributed by atoms with E-state index in [1.54, 1.807) is 11.8 Å². The van der Waals surface area contributed by atoms with Gasteiger partial charge in [0.1, 0.15) is 6.33 Å². The van der Waals surface area contributed by atoms with Crippen molar-refractivity contribution in [1.82, 2.24) is 24.8 Å². The maximum absolute atomic E-state index is 6.34. The van der Waals surface area contributed by atoms with Gasteiger partial charge in [0.05, 0.1) is 0 Å². The number of aryl methyl sites for hydroxylation is 1. The van der Waals surface area contributed by atoms with Crippen molar-refractivity contribution < 1.29 is 0 Å². The molecule has 0 saturated carbocycles. The van der Waals surface area contributed by atoms with Crippen molar-refractivity contribution >= 4 is 40.3 Å². The summed E-state index contributed by atoms with van der Waals surface area (Å²) in [6, 6.07) is 6.62. The monoisotopic (exact) mass is 418 g/mol. The van der Waals surface area contributed by atoms with E-state index >= 15 is 0 Å². The van der Waals surface area contributed by atoms with Gasteiger partial charge in [-0.25, -0.2) is 15.0 Å². The van der Waals surface area contributed by atoms with Crippen LogP contribution in [0.3, 0.4) is 0 Å². The number of nitrogens with two attached hydrogens (primary N) is 1. The van der Waals surface area contributed by atoms with Gasteiger partial charge in [-0.05, 0) is 42.6 Å². The smallest absolute Gasteiger partial charge is 0.175 e. The van der Waals surface area contributed by atoms with Crippen LogP contribution >= 0.6 is 23.4 Å². The van der Waals surface area contributed by atoms with Crippen LogP contribution in [0.2, 0.25) is 5.02 Å². The van der Waals surface area contributed by atoms with E-state index in [0.717, 1.165) is 40.2 Å². The van der Waals surface area contributed by atoms with E-state index in [2.05, 4.69) is 53.6 Å². The summed E-state index contributed by atoms with van der Waals surface area (Å²) in [5.74, 6) is 0.806. The number of imidazole rings is 1. The van der Waals surface area contributed by atoms with Gasteiger partial charge in [0.15, 0.2) is 22.1 Å². The SMILES string of the molecule is CC(C)NCCCn1c(Sc2cc(Cl)cc(C(C)C)c2)nc2c(N)ncnc21. The lowest BCUT2D eigenvalue weighted by Crippen LogP contribution is -2.24. The summed E-state index contributed by atoms with van der Waals surface area (Å²) in [7, 11) is 0. The molecule has 0 amide bonds. The van der Waals surface area contributed by atoms with E-state index in [9.17, 15) is 0 Å². The summed E-state index contributed by atoms with van der Waals surface area (Å²) in [5.41, 5.74) is 8.67. The fourth-order valence-electron chi connectivity index (χ4n) is 2.92. The first-order valence-corrected chi connectivity index (χ1v) is 10.7. The standard InChI is InChI=1S/C20H27ClN6S/c1-12(2)14-8-15(21)10-16(9-14)28-20-26-17-18(22)24-11-25-19(17)27(20)7-5-6-23-13(3)4/h8-13,23H,5-7H2,1-4H3,(H2,22,24,25). The Hall–Kier alpha value is -1.83. The Bertz CT molecular complexity index is 953. The third-order valence-corrected chi connectivity index (χ3v) is 5.59. The molecular weight excluding hydrogens is 392 g/mol. The zero-order valence-electron chi connectivity index (χ0n) is 16.7. The molecule has 0 aliphatic carbocycles. The zero-order chi connectivity index (χ0) is 20.3. The molecular formula is C20H27ClN6S. The third-order valence-electron chi connectivity index (χ3n) is 4.41. The second-order valence-electron chi connectivity index (χ2n) is 7.42. The summed E-state index contributed by atoms with van der Waals surface area (Å²) in [4.78, 5) is 14.3. The van der Waals surface area contributed by atoms with Gasteiger partial charge in [-0.1, -0.05) is 51.1 Å². The quantitative estimate of drug-likeness (QED) is 0.515. The van der Waals surface area contributed by atoms with E-state index in [1.807, 2.05) is 12.1 Å². The molecule has 2 heterocycles. The number of hydrogen-bond donors (Lipinski definition) is 2. The lowest BCUT2D eigenvalue weighted by molar-refractivity contribution is 0.525. The third kappa shape index (κ3) is 4.96. The maximum Gasteiger partial charge on any atom is 0.175 e. The van der Waals surface area contributed by atoms with E-state index in [4.69, 9.17) is 22.3 Å². The Balaban J connectivity index is 1.93. The Morgan fingerprint density at radius 3 is 2.68 bits per heavy atom. The van der Waals surface area contributed by atoms with Gasteiger partial charge in [0.25, 0.3) is 0 Å². The van der Waals surface area contributed by atoms with Crippen molar-refractivity contribution in [3.05, 3.63) is 35.1 Å². The second-order valence-corrected chi connectivity index (χ2v) is 8.89. The van der Waals surface area contributed by atoms with Crippen LogP contribution in [0, 0.1) is 0 Å². The number of nitrogens with zero attached hydrogens (tertiary/aromatic N) is 4. The molecule has 8 heteroatoms. The Morgan fingerprint density at radius 2 is 1.96 bits per heavy atom. The molecule has 3 rings (SSSR count). The number of nitrogen functional groups attached to an aromatic ring is 1. The van der Waals surface area contributed by atoms with Crippen molar-refractivity contribution in [3.8, 4) is 0 Å². The molecule has 0 unspecified atom stereocenters. The largest absolute Gasteiger partial charge is 0.382 e. The highest BCUT2D eigenvalue weighted by Crippen LogP contribution is 2.34. The first kappa shape index (κ1) is 20.9. The fourth-order valence-corrected chi connectivity index (χ4v) is 4.25. The van der Waals surface area contributed by atoms with E-state index in [0.29, 0.717) is 23.3 Å². The van der Waals surface area contributed by atoms with Gasteiger partial charge in [-0.15, -0.1) is 0 Å². The van der Waals surface area contributed by atoms with Crippen LogP contribution < -0.4 is 11.1 Å². The van der Waals surface area contributed by atoms with E-state index in [1.165, 1.54) is 11.9 Å². The molecule has 28 heavy (non-hydrogen) atoms. The molecule has 0 radical (unpaired) electrons. The molecule has 0 aliphatic heterocycles. The lowest BCUT2D eigenvalue weighted by atomic mass is 10.0. The highest BCUT2D eigenvalue weighted by Gasteiger charge is 2.16. The summed E-state index contributed by atoms with van der Waals surface area (Å²) in [6.07, 6.45) is 2.46. The van der Waals surface area contributed by atoms with Gasteiger partial charge in [0.2, 0.25) is 0 Å². The zero-order valence-corrected chi connectivity index (χ0v) is 18.3. The highest BCUT2D eigenvalue weighted by atomic mass is 35.5. The van der Waals surface area contributed by atoms with Crippen molar-refractivity contribution in [3.63, 3.8) is 0 Å².